The number of benzene rings is 1. The first kappa shape index (κ1) is 24.3. The third-order valence-electron chi connectivity index (χ3n) is 3.62. The molecule has 0 heterocycles. The Bertz CT molecular complexity index is 602. The second-order valence-electron chi connectivity index (χ2n) is 6.80. The topological polar surface area (TPSA) is 53.5 Å². The highest BCUT2D eigenvalue weighted by atomic mass is 127. The molecule has 0 aliphatic heterocycles. The minimum Gasteiger partial charge on any atom is -0.357 e. The van der Waals surface area contributed by atoms with Crippen molar-refractivity contribution in [3.8, 4) is 0 Å². The molecule has 2 atom stereocenters. The summed E-state index contributed by atoms with van der Waals surface area (Å²) in [4.78, 5) is 4.48. The van der Waals surface area contributed by atoms with Gasteiger partial charge in [-0.25, -0.2) is 4.39 Å². The van der Waals surface area contributed by atoms with Crippen LogP contribution in [-0.4, -0.2) is 33.8 Å². The zero-order chi connectivity index (χ0) is 18.3. The average Bonchev–Trinajstić information content (AvgIpc) is 2.49. The van der Waals surface area contributed by atoms with Gasteiger partial charge in [-0.1, -0.05) is 12.1 Å². The Hall–Kier alpha value is -0.700. The number of nitrogens with one attached hydrogen (secondary N) is 2. The van der Waals surface area contributed by atoms with Crippen LogP contribution in [0.4, 0.5) is 4.39 Å². The highest BCUT2D eigenvalue weighted by molar-refractivity contribution is 14.0. The number of nitrogens with zero attached hydrogens (tertiary/aromatic N) is 1. The molecule has 0 radical (unpaired) electrons. The Morgan fingerprint density at radius 2 is 2.00 bits per heavy atom. The van der Waals surface area contributed by atoms with Crippen molar-refractivity contribution in [3.05, 3.63) is 35.1 Å². The van der Waals surface area contributed by atoms with E-state index in [1.54, 1.807) is 19.1 Å². The predicted molar refractivity (Wildman–Crippen MR) is 117 cm³/mol. The fourth-order valence-corrected chi connectivity index (χ4v) is 2.90. The van der Waals surface area contributed by atoms with E-state index in [0.29, 0.717) is 23.8 Å². The number of aliphatic imine (C=N–C) groups is 1. The van der Waals surface area contributed by atoms with Crippen molar-refractivity contribution in [2.45, 2.75) is 52.3 Å². The molecule has 0 aliphatic carbocycles. The van der Waals surface area contributed by atoms with Gasteiger partial charge in [0.2, 0.25) is 0 Å². The smallest absolute Gasteiger partial charge is 0.191 e. The van der Waals surface area contributed by atoms with Crippen LogP contribution in [0.15, 0.2) is 23.2 Å². The van der Waals surface area contributed by atoms with Crippen LogP contribution in [0.5, 0.6) is 0 Å². The van der Waals surface area contributed by atoms with E-state index >= 15 is 0 Å². The molecule has 144 valence electrons. The lowest BCUT2D eigenvalue weighted by Gasteiger charge is -2.19. The average molecular weight is 483 g/mol. The van der Waals surface area contributed by atoms with Gasteiger partial charge in [-0.15, -0.1) is 24.0 Å². The highest BCUT2D eigenvalue weighted by Crippen LogP contribution is 2.16. The Kier molecular flexibility index (Phi) is 10.8. The minimum atomic E-state index is -0.924. The van der Waals surface area contributed by atoms with Crippen molar-refractivity contribution in [2.75, 3.05) is 18.8 Å². The summed E-state index contributed by atoms with van der Waals surface area (Å²) < 4.78 is 25.6. The number of hydrogen-bond donors (Lipinski definition) is 2. The summed E-state index contributed by atoms with van der Waals surface area (Å²) in [6, 6.07) is 5.16. The fourth-order valence-electron chi connectivity index (χ4n) is 2.03. The number of aryl methyl sites for hydroxylation is 1. The van der Waals surface area contributed by atoms with Crippen LogP contribution in [0, 0.1) is 12.7 Å². The molecule has 0 bridgehead atoms. The maximum absolute atomic E-state index is 13.7. The second kappa shape index (κ2) is 11.1. The lowest BCUT2D eigenvalue weighted by Crippen LogP contribution is -2.39. The van der Waals surface area contributed by atoms with Crippen LogP contribution in [0.25, 0.3) is 0 Å². The summed E-state index contributed by atoms with van der Waals surface area (Å²) in [5.41, 5.74) is 1.50. The van der Waals surface area contributed by atoms with E-state index < -0.39 is 10.8 Å². The number of hydrogen-bond acceptors (Lipinski definition) is 2. The van der Waals surface area contributed by atoms with Gasteiger partial charge < -0.3 is 10.6 Å². The van der Waals surface area contributed by atoms with E-state index in [0.717, 1.165) is 12.1 Å². The third-order valence-corrected chi connectivity index (χ3v) is 5.54. The first-order valence-electron chi connectivity index (χ1n) is 8.34. The summed E-state index contributed by atoms with van der Waals surface area (Å²) in [6.45, 7) is 12.8. The van der Waals surface area contributed by atoms with Crippen LogP contribution >= 0.6 is 24.0 Å². The van der Waals surface area contributed by atoms with Gasteiger partial charge in [0.1, 0.15) is 5.82 Å². The van der Waals surface area contributed by atoms with Crippen molar-refractivity contribution < 1.29 is 8.60 Å². The Morgan fingerprint density at radius 3 is 2.52 bits per heavy atom. The lowest BCUT2D eigenvalue weighted by atomic mass is 10.1. The van der Waals surface area contributed by atoms with Gasteiger partial charge in [0.15, 0.2) is 5.96 Å². The maximum atomic E-state index is 13.7. The van der Waals surface area contributed by atoms with E-state index in [2.05, 4.69) is 15.6 Å². The molecule has 0 saturated carbocycles. The zero-order valence-corrected chi connectivity index (χ0v) is 19.1. The first-order chi connectivity index (χ1) is 11.1. The quantitative estimate of drug-likeness (QED) is 0.367. The molecule has 0 aromatic heterocycles. The molecule has 0 spiro atoms. The van der Waals surface area contributed by atoms with Crippen molar-refractivity contribution in [1.29, 1.82) is 0 Å². The van der Waals surface area contributed by atoms with E-state index in [1.807, 2.05) is 40.7 Å². The molecule has 2 unspecified atom stereocenters. The molecule has 2 N–H and O–H groups in total. The monoisotopic (exact) mass is 483 g/mol. The number of rotatable bonds is 6. The van der Waals surface area contributed by atoms with Crippen LogP contribution in [0.1, 0.15) is 51.8 Å². The van der Waals surface area contributed by atoms with Gasteiger partial charge in [-0.05, 0) is 58.7 Å². The summed E-state index contributed by atoms with van der Waals surface area (Å²) in [5.74, 6) is 0.966. The summed E-state index contributed by atoms with van der Waals surface area (Å²) in [5, 5.41) is 6.43. The summed E-state index contributed by atoms with van der Waals surface area (Å²) in [6.07, 6.45) is 0. The van der Waals surface area contributed by atoms with Crippen molar-refractivity contribution in [2.24, 2.45) is 4.99 Å². The standard InChI is InChI=1S/C18H30FN3OS.HI/c1-7-20-17(21-10-11-24(23)18(4,5)6)22-14(3)15-9-8-13(2)16(19)12-15;/h8-9,12,14H,7,10-11H2,1-6H3,(H2,20,21,22);1H. The minimum absolute atomic E-state index is 0. The molecule has 0 saturated heterocycles. The van der Waals surface area contributed by atoms with Gasteiger partial charge in [0, 0.05) is 27.8 Å². The first-order valence-corrected chi connectivity index (χ1v) is 9.66. The number of guanidine groups is 1. The van der Waals surface area contributed by atoms with Crippen molar-refractivity contribution in [3.63, 3.8) is 0 Å². The molecule has 7 heteroatoms. The maximum Gasteiger partial charge on any atom is 0.191 e. The number of halogens is 2. The SMILES string of the molecule is CCNC(=NCCS(=O)C(C)(C)C)NC(C)c1ccc(C)c(F)c1.I. The zero-order valence-electron chi connectivity index (χ0n) is 16.0. The van der Waals surface area contributed by atoms with Gasteiger partial charge >= 0.3 is 0 Å². The molecule has 0 aliphatic rings. The van der Waals surface area contributed by atoms with Gasteiger partial charge in [-0.2, -0.15) is 0 Å². The summed E-state index contributed by atoms with van der Waals surface area (Å²) in [7, 11) is -0.924. The van der Waals surface area contributed by atoms with Crippen molar-refractivity contribution >= 4 is 40.7 Å². The van der Waals surface area contributed by atoms with Crippen LogP contribution < -0.4 is 10.6 Å². The predicted octanol–water partition coefficient (Wildman–Crippen LogP) is 3.92. The Balaban J connectivity index is 0.00000576. The van der Waals surface area contributed by atoms with Crippen LogP contribution in [-0.2, 0) is 10.8 Å². The molecule has 0 amide bonds. The second-order valence-corrected chi connectivity index (χ2v) is 9.12. The summed E-state index contributed by atoms with van der Waals surface area (Å²) >= 11 is 0. The van der Waals surface area contributed by atoms with E-state index in [1.165, 1.54) is 0 Å². The van der Waals surface area contributed by atoms with E-state index in [-0.39, 0.29) is 40.6 Å². The molecule has 0 fully saturated rings. The largest absolute Gasteiger partial charge is 0.357 e. The molecular formula is C18H31FIN3OS. The molecule has 4 nitrogen and oxygen atoms in total. The molecule has 1 aromatic carbocycles. The van der Waals surface area contributed by atoms with Gasteiger partial charge in [0.05, 0.1) is 12.6 Å². The van der Waals surface area contributed by atoms with Gasteiger partial charge in [0.25, 0.3) is 0 Å². The fraction of sp³-hybridized carbons (Fsp3) is 0.611. The van der Waals surface area contributed by atoms with E-state index in [9.17, 15) is 8.60 Å². The van der Waals surface area contributed by atoms with Gasteiger partial charge in [-0.3, -0.25) is 9.20 Å². The van der Waals surface area contributed by atoms with Crippen molar-refractivity contribution in [1.82, 2.24) is 10.6 Å². The molecular weight excluding hydrogens is 452 g/mol. The molecule has 1 aromatic rings. The Labute approximate surface area is 170 Å². The van der Waals surface area contributed by atoms with E-state index in [4.69, 9.17) is 0 Å². The molecule has 1 rings (SSSR count). The highest BCUT2D eigenvalue weighted by Gasteiger charge is 2.18. The molecule has 25 heavy (non-hydrogen) atoms. The van der Waals surface area contributed by atoms with Crippen LogP contribution in [0.2, 0.25) is 0 Å². The van der Waals surface area contributed by atoms with Crippen LogP contribution in [0.3, 0.4) is 0 Å². The Morgan fingerprint density at radius 1 is 1.36 bits per heavy atom. The normalized spacial score (nSPS) is 14.4. The lowest BCUT2D eigenvalue weighted by molar-refractivity contribution is 0.607. The third kappa shape index (κ3) is 8.48.